The largest absolute Gasteiger partial charge is 0.497 e. The van der Waals surface area contributed by atoms with Crippen LogP contribution < -0.4 is 9.47 Å². The normalized spacial score (nSPS) is 12.0. The summed E-state index contributed by atoms with van der Waals surface area (Å²) in [6.45, 7) is 0. The lowest BCUT2D eigenvalue weighted by atomic mass is 10.0. The maximum Gasteiger partial charge on any atom is 0.162 e. The molecular formula is C16H15BrF2O2. The van der Waals surface area contributed by atoms with Crippen LogP contribution in [0.15, 0.2) is 36.4 Å². The maximum atomic E-state index is 13.7. The van der Waals surface area contributed by atoms with Gasteiger partial charge in [0, 0.05) is 16.5 Å². The van der Waals surface area contributed by atoms with Crippen molar-refractivity contribution in [3.05, 3.63) is 59.2 Å². The topological polar surface area (TPSA) is 18.5 Å². The van der Waals surface area contributed by atoms with E-state index in [0.29, 0.717) is 23.5 Å². The van der Waals surface area contributed by atoms with Gasteiger partial charge in [0.2, 0.25) is 0 Å². The Labute approximate surface area is 130 Å². The molecule has 0 amide bonds. The second-order valence-corrected chi connectivity index (χ2v) is 5.60. The van der Waals surface area contributed by atoms with Crippen molar-refractivity contribution in [2.45, 2.75) is 11.2 Å². The third-order valence-corrected chi connectivity index (χ3v) is 4.03. The molecule has 5 heteroatoms. The number of alkyl halides is 1. The Morgan fingerprint density at radius 1 is 1.10 bits per heavy atom. The summed E-state index contributed by atoms with van der Waals surface area (Å²) in [6.07, 6.45) is 0.312. The van der Waals surface area contributed by atoms with E-state index < -0.39 is 11.6 Å². The van der Waals surface area contributed by atoms with E-state index in [0.717, 1.165) is 11.6 Å². The minimum atomic E-state index is -0.839. The predicted octanol–water partition coefficient (Wildman–Crippen LogP) is 4.66. The molecule has 0 bridgehead atoms. The highest BCUT2D eigenvalue weighted by Crippen LogP contribution is 2.36. The van der Waals surface area contributed by atoms with Crippen LogP contribution in [0.1, 0.15) is 16.0 Å². The van der Waals surface area contributed by atoms with E-state index in [-0.39, 0.29) is 4.83 Å². The number of hydrogen-bond donors (Lipinski definition) is 0. The molecule has 21 heavy (non-hydrogen) atoms. The van der Waals surface area contributed by atoms with Gasteiger partial charge in [-0.1, -0.05) is 34.1 Å². The molecule has 0 radical (unpaired) electrons. The molecule has 0 aliphatic carbocycles. The summed E-state index contributed by atoms with van der Waals surface area (Å²) in [6, 6.07) is 9.57. The van der Waals surface area contributed by atoms with Crippen molar-refractivity contribution in [1.82, 2.24) is 0 Å². The molecule has 0 aromatic heterocycles. The molecule has 0 aliphatic heterocycles. The minimum absolute atomic E-state index is 0.199. The van der Waals surface area contributed by atoms with Crippen LogP contribution in [0.4, 0.5) is 8.78 Å². The van der Waals surface area contributed by atoms with Crippen LogP contribution in [0, 0.1) is 11.6 Å². The molecule has 2 aromatic rings. The van der Waals surface area contributed by atoms with Crippen molar-refractivity contribution in [3.63, 3.8) is 0 Å². The number of methoxy groups -OCH3 is 2. The molecule has 0 spiro atoms. The van der Waals surface area contributed by atoms with Gasteiger partial charge < -0.3 is 9.47 Å². The summed E-state index contributed by atoms with van der Waals surface area (Å²) in [5, 5.41) is 0. The molecule has 2 nitrogen and oxygen atoms in total. The summed E-state index contributed by atoms with van der Waals surface area (Å²) in [5.41, 5.74) is 1.16. The highest BCUT2D eigenvalue weighted by atomic mass is 79.9. The zero-order chi connectivity index (χ0) is 15.4. The lowest BCUT2D eigenvalue weighted by Gasteiger charge is -2.16. The summed E-state index contributed by atoms with van der Waals surface area (Å²) in [7, 11) is 3.13. The Morgan fingerprint density at radius 3 is 2.52 bits per heavy atom. The standard InChI is InChI=1S/C16H15BrF2O2/c1-20-11-6-7-12(15(9-11)21-2)13(17)8-10-4-3-5-14(18)16(10)19/h3-7,9,13H,8H2,1-2H3. The number of halogens is 3. The minimum Gasteiger partial charge on any atom is -0.497 e. The van der Waals surface area contributed by atoms with Gasteiger partial charge in [-0.05, 0) is 24.1 Å². The molecule has 0 heterocycles. The molecule has 2 rings (SSSR count). The van der Waals surface area contributed by atoms with Gasteiger partial charge in [-0.25, -0.2) is 8.78 Å². The van der Waals surface area contributed by atoms with E-state index in [1.165, 1.54) is 6.07 Å². The summed E-state index contributed by atoms with van der Waals surface area (Å²) < 4.78 is 37.4. The Hall–Kier alpha value is -1.62. The van der Waals surface area contributed by atoms with Crippen molar-refractivity contribution in [2.24, 2.45) is 0 Å². The van der Waals surface area contributed by atoms with Gasteiger partial charge in [0.05, 0.1) is 14.2 Å². The van der Waals surface area contributed by atoms with E-state index in [1.807, 2.05) is 6.07 Å². The van der Waals surface area contributed by atoms with Crippen molar-refractivity contribution in [3.8, 4) is 11.5 Å². The van der Waals surface area contributed by atoms with Crippen LogP contribution in [0.3, 0.4) is 0 Å². The smallest absolute Gasteiger partial charge is 0.162 e. The lowest BCUT2D eigenvalue weighted by Crippen LogP contribution is -2.02. The fourth-order valence-electron chi connectivity index (χ4n) is 2.09. The fourth-order valence-corrected chi connectivity index (χ4v) is 2.81. The Balaban J connectivity index is 2.28. The summed E-state index contributed by atoms with van der Waals surface area (Å²) in [5.74, 6) is -0.344. The van der Waals surface area contributed by atoms with Crippen molar-refractivity contribution < 1.29 is 18.3 Å². The molecule has 0 aliphatic rings. The number of benzene rings is 2. The molecular weight excluding hydrogens is 342 g/mol. The van der Waals surface area contributed by atoms with Gasteiger partial charge in [-0.2, -0.15) is 0 Å². The highest BCUT2D eigenvalue weighted by Gasteiger charge is 2.17. The predicted molar refractivity (Wildman–Crippen MR) is 81.3 cm³/mol. The average molecular weight is 357 g/mol. The van der Waals surface area contributed by atoms with Gasteiger partial charge in [0.1, 0.15) is 11.5 Å². The molecule has 0 saturated heterocycles. The Bertz CT molecular complexity index is 632. The molecule has 1 atom stereocenters. The van der Waals surface area contributed by atoms with Crippen LogP contribution in [-0.4, -0.2) is 14.2 Å². The number of ether oxygens (including phenoxy) is 2. The molecule has 1 unspecified atom stereocenters. The third kappa shape index (κ3) is 3.53. The van der Waals surface area contributed by atoms with Crippen molar-refractivity contribution >= 4 is 15.9 Å². The van der Waals surface area contributed by atoms with Crippen LogP contribution in [0.2, 0.25) is 0 Å². The first-order valence-corrected chi connectivity index (χ1v) is 7.27. The first kappa shape index (κ1) is 15.8. The van der Waals surface area contributed by atoms with E-state index in [9.17, 15) is 8.78 Å². The average Bonchev–Trinajstić information content (AvgIpc) is 2.51. The molecule has 0 N–H and O–H groups in total. The van der Waals surface area contributed by atoms with E-state index in [4.69, 9.17) is 9.47 Å². The van der Waals surface area contributed by atoms with E-state index in [1.54, 1.807) is 32.4 Å². The zero-order valence-electron chi connectivity index (χ0n) is 11.7. The van der Waals surface area contributed by atoms with Gasteiger partial charge in [-0.3, -0.25) is 0 Å². The van der Waals surface area contributed by atoms with E-state index >= 15 is 0 Å². The molecule has 0 saturated carbocycles. The first-order valence-electron chi connectivity index (χ1n) is 6.35. The van der Waals surface area contributed by atoms with Crippen LogP contribution >= 0.6 is 15.9 Å². The van der Waals surface area contributed by atoms with Gasteiger partial charge in [0.15, 0.2) is 11.6 Å². The molecule has 0 fully saturated rings. The zero-order valence-corrected chi connectivity index (χ0v) is 13.3. The van der Waals surface area contributed by atoms with Gasteiger partial charge in [-0.15, -0.1) is 0 Å². The summed E-state index contributed by atoms with van der Waals surface area (Å²) in [4.78, 5) is -0.199. The fraction of sp³-hybridized carbons (Fsp3) is 0.250. The second kappa shape index (κ2) is 6.89. The molecule has 2 aromatic carbocycles. The SMILES string of the molecule is COc1ccc(C(Br)Cc2cccc(F)c2F)c(OC)c1. The number of rotatable bonds is 5. The van der Waals surface area contributed by atoms with Gasteiger partial charge in [0.25, 0.3) is 0 Å². The van der Waals surface area contributed by atoms with Crippen molar-refractivity contribution in [1.29, 1.82) is 0 Å². The van der Waals surface area contributed by atoms with Crippen LogP contribution in [0.5, 0.6) is 11.5 Å². The van der Waals surface area contributed by atoms with Crippen molar-refractivity contribution in [2.75, 3.05) is 14.2 Å². The van der Waals surface area contributed by atoms with E-state index in [2.05, 4.69) is 15.9 Å². The van der Waals surface area contributed by atoms with Crippen LogP contribution in [-0.2, 0) is 6.42 Å². The number of hydrogen-bond acceptors (Lipinski definition) is 2. The quantitative estimate of drug-likeness (QED) is 0.725. The highest BCUT2D eigenvalue weighted by molar-refractivity contribution is 9.09. The maximum absolute atomic E-state index is 13.7. The Kier molecular flexibility index (Phi) is 5.17. The molecule has 112 valence electrons. The Morgan fingerprint density at radius 2 is 1.86 bits per heavy atom. The third-order valence-electron chi connectivity index (χ3n) is 3.21. The monoisotopic (exact) mass is 356 g/mol. The lowest BCUT2D eigenvalue weighted by molar-refractivity contribution is 0.391. The first-order chi connectivity index (χ1) is 10.1. The van der Waals surface area contributed by atoms with Gasteiger partial charge >= 0.3 is 0 Å². The summed E-state index contributed by atoms with van der Waals surface area (Å²) >= 11 is 3.51. The van der Waals surface area contributed by atoms with Crippen LogP contribution in [0.25, 0.3) is 0 Å². The second-order valence-electron chi connectivity index (χ2n) is 4.49.